The molecule has 0 radical (unpaired) electrons. The number of rotatable bonds is 5. The smallest absolute Gasteiger partial charge is 0.243 e. The highest BCUT2D eigenvalue weighted by molar-refractivity contribution is 7.89. The molecule has 1 aliphatic rings. The molecule has 0 bridgehead atoms. The molecule has 0 saturated carbocycles. The van der Waals surface area contributed by atoms with Crippen LogP contribution in [0.1, 0.15) is 61.9 Å². The summed E-state index contributed by atoms with van der Waals surface area (Å²) in [6, 6.07) is 24.0. The fourth-order valence-electron chi connectivity index (χ4n) is 5.61. The van der Waals surface area contributed by atoms with Gasteiger partial charge in [-0.05, 0) is 78.1 Å². The van der Waals surface area contributed by atoms with E-state index in [1.165, 1.54) is 27.7 Å². The number of hydrogen-bond donors (Lipinski definition) is 0. The fraction of sp³-hybridized carbons (Fsp3) is 0.355. The van der Waals surface area contributed by atoms with Crippen molar-refractivity contribution in [3.05, 3.63) is 100 Å². The van der Waals surface area contributed by atoms with Crippen molar-refractivity contribution in [3.63, 3.8) is 0 Å². The van der Waals surface area contributed by atoms with Gasteiger partial charge < -0.3 is 4.57 Å². The normalized spacial score (nSPS) is 15.9. The zero-order chi connectivity index (χ0) is 26.4. The SMILES string of the molecule is Cc1c(C2CCN(S(=O)(=O)c3ccc(C(C)(C)C)cc3)CC2)c2ccccc2n1Cc1ccc(Cl)cc1. The second kappa shape index (κ2) is 9.94. The molecule has 6 heteroatoms. The van der Waals surface area contributed by atoms with Gasteiger partial charge in [0.05, 0.1) is 4.90 Å². The summed E-state index contributed by atoms with van der Waals surface area (Å²) in [5.41, 5.74) is 6.17. The Morgan fingerprint density at radius 3 is 2.14 bits per heavy atom. The van der Waals surface area contributed by atoms with E-state index < -0.39 is 10.0 Å². The van der Waals surface area contributed by atoms with Crippen LogP contribution >= 0.6 is 11.6 Å². The monoisotopic (exact) mass is 534 g/mol. The minimum atomic E-state index is -3.50. The van der Waals surface area contributed by atoms with Crippen LogP contribution in [0.25, 0.3) is 10.9 Å². The summed E-state index contributed by atoms with van der Waals surface area (Å²) in [6.45, 7) is 10.4. The maximum Gasteiger partial charge on any atom is 0.243 e. The summed E-state index contributed by atoms with van der Waals surface area (Å²) in [5.74, 6) is 0.325. The van der Waals surface area contributed by atoms with Gasteiger partial charge in [0.25, 0.3) is 0 Å². The molecule has 37 heavy (non-hydrogen) atoms. The molecule has 194 valence electrons. The predicted octanol–water partition coefficient (Wildman–Crippen LogP) is 7.52. The predicted molar refractivity (Wildman–Crippen MR) is 153 cm³/mol. The first-order valence-electron chi connectivity index (χ1n) is 13.0. The van der Waals surface area contributed by atoms with E-state index in [0.29, 0.717) is 23.9 Å². The quantitative estimate of drug-likeness (QED) is 0.266. The van der Waals surface area contributed by atoms with Gasteiger partial charge in [0.15, 0.2) is 0 Å². The maximum absolute atomic E-state index is 13.4. The van der Waals surface area contributed by atoms with E-state index >= 15 is 0 Å². The molecule has 1 aliphatic heterocycles. The molecule has 0 amide bonds. The molecule has 4 aromatic rings. The lowest BCUT2D eigenvalue weighted by molar-refractivity contribution is 0.319. The number of nitrogens with zero attached hydrogens (tertiary/aromatic N) is 2. The minimum absolute atomic E-state index is 0.00869. The molecular weight excluding hydrogens is 500 g/mol. The molecular formula is C31H35ClN2O2S. The van der Waals surface area contributed by atoms with Gasteiger partial charge in [-0.25, -0.2) is 8.42 Å². The molecule has 2 heterocycles. The molecule has 1 fully saturated rings. The Bertz CT molecular complexity index is 1510. The summed E-state index contributed by atoms with van der Waals surface area (Å²) in [4.78, 5) is 0.384. The van der Waals surface area contributed by atoms with E-state index in [4.69, 9.17) is 11.6 Å². The first-order valence-corrected chi connectivity index (χ1v) is 14.8. The van der Waals surface area contributed by atoms with Crippen molar-refractivity contribution < 1.29 is 8.42 Å². The standard InChI is InChI=1S/C31H35ClN2O2S/c1-22-30(28-7-5-6-8-29(28)34(22)21-23-9-13-26(32)14-10-23)24-17-19-33(20-18-24)37(35,36)27-15-11-25(12-16-27)31(2,3)4/h5-16,24H,17-21H2,1-4H3. The first-order chi connectivity index (χ1) is 17.6. The van der Waals surface area contributed by atoms with Gasteiger partial charge in [0, 0.05) is 41.3 Å². The van der Waals surface area contributed by atoms with Crippen LogP contribution in [-0.2, 0) is 22.0 Å². The van der Waals surface area contributed by atoms with E-state index in [-0.39, 0.29) is 5.41 Å². The number of piperidine rings is 1. The van der Waals surface area contributed by atoms with Crippen LogP contribution in [0, 0.1) is 6.92 Å². The van der Waals surface area contributed by atoms with Gasteiger partial charge in [-0.2, -0.15) is 4.31 Å². The van der Waals surface area contributed by atoms with E-state index in [2.05, 4.69) is 68.7 Å². The zero-order valence-electron chi connectivity index (χ0n) is 22.0. The maximum atomic E-state index is 13.4. The largest absolute Gasteiger partial charge is 0.340 e. The van der Waals surface area contributed by atoms with Crippen molar-refractivity contribution in [1.82, 2.24) is 8.87 Å². The van der Waals surface area contributed by atoms with Crippen LogP contribution in [-0.4, -0.2) is 30.4 Å². The molecule has 4 nitrogen and oxygen atoms in total. The zero-order valence-corrected chi connectivity index (χ0v) is 23.6. The minimum Gasteiger partial charge on any atom is -0.340 e. The van der Waals surface area contributed by atoms with Crippen molar-refractivity contribution in [2.45, 2.75) is 63.3 Å². The van der Waals surface area contributed by atoms with Crippen molar-refractivity contribution in [2.75, 3.05) is 13.1 Å². The Kier molecular flexibility index (Phi) is 6.99. The summed E-state index contributed by atoms with van der Waals surface area (Å²) in [7, 11) is -3.50. The van der Waals surface area contributed by atoms with Crippen LogP contribution in [0.2, 0.25) is 5.02 Å². The molecule has 3 aromatic carbocycles. The van der Waals surface area contributed by atoms with Gasteiger partial charge in [0.1, 0.15) is 0 Å². The summed E-state index contributed by atoms with van der Waals surface area (Å²) >= 11 is 6.10. The van der Waals surface area contributed by atoms with Crippen LogP contribution < -0.4 is 0 Å². The Morgan fingerprint density at radius 2 is 1.51 bits per heavy atom. The number of fused-ring (bicyclic) bond motifs is 1. The Hall–Kier alpha value is -2.60. The molecule has 0 spiro atoms. The number of para-hydroxylation sites is 1. The third-order valence-corrected chi connectivity index (χ3v) is 9.92. The molecule has 0 unspecified atom stereocenters. The van der Waals surface area contributed by atoms with Crippen molar-refractivity contribution in [3.8, 4) is 0 Å². The highest BCUT2D eigenvalue weighted by Gasteiger charge is 2.32. The highest BCUT2D eigenvalue weighted by atomic mass is 35.5. The Labute approximate surface area is 225 Å². The molecule has 0 aliphatic carbocycles. The first kappa shape index (κ1) is 26.0. The van der Waals surface area contributed by atoms with E-state index in [1.807, 2.05) is 24.3 Å². The van der Waals surface area contributed by atoms with Crippen molar-refractivity contribution >= 4 is 32.5 Å². The van der Waals surface area contributed by atoms with Crippen LogP contribution in [0.5, 0.6) is 0 Å². The summed E-state index contributed by atoms with van der Waals surface area (Å²) in [5, 5.41) is 2.01. The number of halogens is 1. The number of benzene rings is 3. The lowest BCUT2D eigenvalue weighted by Crippen LogP contribution is -2.38. The van der Waals surface area contributed by atoms with Crippen LogP contribution in [0.15, 0.2) is 77.7 Å². The van der Waals surface area contributed by atoms with Gasteiger partial charge in [-0.15, -0.1) is 0 Å². The topological polar surface area (TPSA) is 42.3 Å². The van der Waals surface area contributed by atoms with E-state index in [9.17, 15) is 8.42 Å². The summed E-state index contributed by atoms with van der Waals surface area (Å²) in [6.07, 6.45) is 1.63. The van der Waals surface area contributed by atoms with Gasteiger partial charge >= 0.3 is 0 Å². The molecule has 1 saturated heterocycles. The Balaban J connectivity index is 1.38. The molecule has 0 N–H and O–H groups in total. The Morgan fingerprint density at radius 1 is 0.892 bits per heavy atom. The van der Waals surface area contributed by atoms with Crippen molar-refractivity contribution in [1.29, 1.82) is 0 Å². The second-order valence-electron chi connectivity index (χ2n) is 11.2. The number of hydrogen-bond acceptors (Lipinski definition) is 2. The average Bonchev–Trinajstić information content (AvgIpc) is 3.16. The van der Waals surface area contributed by atoms with Gasteiger partial charge in [-0.3, -0.25) is 0 Å². The third kappa shape index (κ3) is 5.09. The third-order valence-electron chi connectivity index (χ3n) is 7.75. The van der Waals surface area contributed by atoms with Crippen LogP contribution in [0.4, 0.5) is 0 Å². The van der Waals surface area contributed by atoms with Gasteiger partial charge in [0.2, 0.25) is 10.0 Å². The lowest BCUT2D eigenvalue weighted by atomic mass is 9.87. The second-order valence-corrected chi connectivity index (χ2v) is 13.6. The van der Waals surface area contributed by atoms with Crippen LogP contribution in [0.3, 0.4) is 0 Å². The molecule has 5 rings (SSSR count). The molecule has 0 atom stereocenters. The number of sulfonamides is 1. The van der Waals surface area contributed by atoms with E-state index in [0.717, 1.165) is 30.0 Å². The number of aromatic nitrogens is 1. The summed E-state index contributed by atoms with van der Waals surface area (Å²) < 4.78 is 30.9. The van der Waals surface area contributed by atoms with Crippen molar-refractivity contribution in [2.24, 2.45) is 0 Å². The fourth-order valence-corrected chi connectivity index (χ4v) is 7.21. The lowest BCUT2D eigenvalue weighted by Gasteiger charge is -2.32. The van der Waals surface area contributed by atoms with E-state index in [1.54, 1.807) is 16.4 Å². The van der Waals surface area contributed by atoms with Gasteiger partial charge in [-0.1, -0.05) is 74.8 Å². The molecule has 1 aromatic heterocycles. The highest BCUT2D eigenvalue weighted by Crippen LogP contribution is 2.39. The average molecular weight is 535 g/mol.